The van der Waals surface area contributed by atoms with Crippen LogP contribution in [0.4, 0.5) is 17.6 Å². The van der Waals surface area contributed by atoms with Gasteiger partial charge >= 0.3 is 17.1 Å². The van der Waals surface area contributed by atoms with Crippen LogP contribution in [0.1, 0.15) is 51.4 Å². The lowest BCUT2D eigenvalue weighted by Gasteiger charge is -2.49. The molecule has 4 rings (SSSR count). The van der Waals surface area contributed by atoms with Crippen LogP contribution in [0.5, 0.6) is 0 Å². The molecule has 1 N–H and O–H groups in total. The summed E-state index contributed by atoms with van der Waals surface area (Å²) in [6.07, 6.45) is 2.02. The molecule has 4 unspecified atom stereocenters. The van der Waals surface area contributed by atoms with Crippen LogP contribution >= 0.6 is 0 Å². The summed E-state index contributed by atoms with van der Waals surface area (Å²) in [5.74, 6) is -5.66. The highest BCUT2D eigenvalue weighted by Crippen LogP contribution is 2.59. The largest absolute Gasteiger partial charge is 0.743 e. The van der Waals surface area contributed by atoms with Crippen molar-refractivity contribution in [3.8, 4) is 0 Å². The van der Waals surface area contributed by atoms with E-state index in [1.165, 1.54) is 0 Å². The van der Waals surface area contributed by atoms with Gasteiger partial charge in [-0.3, -0.25) is 4.79 Å². The van der Waals surface area contributed by atoms with Crippen LogP contribution in [0, 0.1) is 17.3 Å². The molecule has 4 aliphatic rings. The molecule has 0 aromatic rings. The van der Waals surface area contributed by atoms with Crippen molar-refractivity contribution in [1.82, 2.24) is 0 Å². The number of hydrogen-bond donors (Lipinski definition) is 1. The minimum Gasteiger partial charge on any atom is -0.743 e. The van der Waals surface area contributed by atoms with E-state index in [-0.39, 0.29) is 18.3 Å². The van der Waals surface area contributed by atoms with Gasteiger partial charge in [-0.2, -0.15) is 17.6 Å². The fourth-order valence-electron chi connectivity index (χ4n) is 5.24. The van der Waals surface area contributed by atoms with E-state index in [4.69, 9.17) is 4.74 Å². The number of alkyl halides is 4. The van der Waals surface area contributed by atoms with Gasteiger partial charge in [-0.15, -0.1) is 0 Å². The third-order valence-corrected chi connectivity index (χ3v) is 7.13. The summed E-state index contributed by atoms with van der Waals surface area (Å²) in [6.45, 7) is -1.15. The summed E-state index contributed by atoms with van der Waals surface area (Å²) in [4.78, 5) is 12.6. The second-order valence-corrected chi connectivity index (χ2v) is 9.78. The van der Waals surface area contributed by atoms with E-state index >= 15 is 0 Å². The third kappa shape index (κ3) is 3.57. The Hall–Kier alpha value is -0.940. The zero-order valence-corrected chi connectivity index (χ0v) is 15.2. The van der Waals surface area contributed by atoms with Gasteiger partial charge in [-0.25, -0.2) is 8.42 Å². The van der Waals surface area contributed by atoms with Gasteiger partial charge in [0, 0.05) is 0 Å². The first-order valence-corrected chi connectivity index (χ1v) is 10.2. The van der Waals surface area contributed by atoms with E-state index in [2.05, 4.69) is 0 Å². The average molecular weight is 417 g/mol. The Bertz CT molecular complexity index is 726. The summed E-state index contributed by atoms with van der Waals surface area (Å²) in [5, 5.41) is 4.92. The van der Waals surface area contributed by atoms with E-state index in [0.29, 0.717) is 25.7 Å². The highest BCUT2D eigenvalue weighted by molar-refractivity contribution is 7.86. The standard InChI is InChI=1S/C16H22F4O6S/c17-15(18,16(19,20)27(23,24)25)3-4-26-12(21)13-6-10-1-2-14(22,9-13)8-11(5-10)7-13/h10-11,22H,1-9H2,(H,23,24,25)/p-1. The Kier molecular flexibility index (Phi) is 4.84. The number of ether oxygens (including phenoxy) is 1. The third-order valence-electron chi connectivity index (χ3n) is 6.20. The normalized spacial score (nSPS) is 36.5. The fraction of sp³-hybridized carbons (Fsp3) is 0.938. The number of hydrogen-bond acceptors (Lipinski definition) is 6. The topological polar surface area (TPSA) is 104 Å². The molecule has 11 heteroatoms. The van der Waals surface area contributed by atoms with Crippen molar-refractivity contribution < 1.29 is 45.2 Å². The first-order chi connectivity index (χ1) is 12.2. The van der Waals surface area contributed by atoms with Crippen molar-refractivity contribution in [3.63, 3.8) is 0 Å². The molecule has 0 saturated heterocycles. The van der Waals surface area contributed by atoms with Crippen molar-refractivity contribution in [3.05, 3.63) is 0 Å². The molecule has 0 amide bonds. The van der Waals surface area contributed by atoms with Crippen molar-refractivity contribution in [1.29, 1.82) is 0 Å². The second kappa shape index (κ2) is 6.28. The Morgan fingerprint density at radius 2 is 1.81 bits per heavy atom. The van der Waals surface area contributed by atoms with Crippen LogP contribution in [-0.2, 0) is 19.6 Å². The minimum absolute atomic E-state index is 0.119. The van der Waals surface area contributed by atoms with Gasteiger partial charge in [0.15, 0.2) is 10.1 Å². The van der Waals surface area contributed by atoms with E-state index in [1.54, 1.807) is 0 Å². The molecule has 4 aliphatic carbocycles. The number of aliphatic hydroxyl groups is 1. The molecular weight excluding hydrogens is 396 g/mol. The number of esters is 1. The molecule has 156 valence electrons. The maximum Gasteiger partial charge on any atom is 0.396 e. The molecule has 0 aromatic heterocycles. The quantitative estimate of drug-likeness (QED) is 0.404. The van der Waals surface area contributed by atoms with Gasteiger partial charge in [-0.1, -0.05) is 0 Å². The van der Waals surface area contributed by atoms with Crippen LogP contribution in [0.15, 0.2) is 0 Å². The van der Waals surface area contributed by atoms with Crippen molar-refractivity contribution in [2.75, 3.05) is 6.61 Å². The Morgan fingerprint density at radius 3 is 2.44 bits per heavy atom. The summed E-state index contributed by atoms with van der Waals surface area (Å²) in [7, 11) is -6.57. The number of carbonyl (C=O) groups excluding carboxylic acids is 1. The number of carbonyl (C=O) groups is 1. The molecule has 4 bridgehead atoms. The number of halogens is 4. The van der Waals surface area contributed by atoms with Crippen molar-refractivity contribution >= 4 is 16.1 Å². The molecular formula is C16H21F4O6S-. The summed E-state index contributed by atoms with van der Waals surface area (Å²) < 4.78 is 89.2. The molecule has 6 nitrogen and oxygen atoms in total. The molecule has 27 heavy (non-hydrogen) atoms. The zero-order valence-electron chi connectivity index (χ0n) is 14.4. The predicted molar refractivity (Wildman–Crippen MR) is 81.8 cm³/mol. The van der Waals surface area contributed by atoms with Crippen LogP contribution in [0.3, 0.4) is 0 Å². The van der Waals surface area contributed by atoms with E-state index in [1.807, 2.05) is 0 Å². The Balaban J connectivity index is 1.66. The Morgan fingerprint density at radius 1 is 1.19 bits per heavy atom. The molecule has 0 spiro atoms. The maximum absolute atomic E-state index is 13.5. The summed E-state index contributed by atoms with van der Waals surface area (Å²) >= 11 is 0. The van der Waals surface area contributed by atoms with Crippen LogP contribution in [0.25, 0.3) is 0 Å². The van der Waals surface area contributed by atoms with Gasteiger partial charge in [0.05, 0.1) is 24.0 Å². The number of rotatable bonds is 6. The highest BCUT2D eigenvalue weighted by atomic mass is 32.2. The molecule has 0 aliphatic heterocycles. The van der Waals surface area contributed by atoms with Gasteiger partial charge in [0.25, 0.3) is 0 Å². The van der Waals surface area contributed by atoms with Crippen LogP contribution < -0.4 is 0 Å². The monoisotopic (exact) mass is 417 g/mol. The van der Waals surface area contributed by atoms with Gasteiger partial charge in [-0.05, 0) is 56.8 Å². The van der Waals surface area contributed by atoms with Crippen molar-refractivity contribution in [2.24, 2.45) is 17.3 Å². The first-order valence-electron chi connectivity index (χ1n) is 8.80. The smallest absolute Gasteiger partial charge is 0.396 e. The lowest BCUT2D eigenvalue weighted by Crippen LogP contribution is -2.51. The molecule has 0 radical (unpaired) electrons. The lowest BCUT2D eigenvalue weighted by molar-refractivity contribution is -0.185. The molecule has 4 fully saturated rings. The highest BCUT2D eigenvalue weighted by Gasteiger charge is 2.62. The molecule has 4 atom stereocenters. The summed E-state index contributed by atoms with van der Waals surface area (Å²) in [5.41, 5.74) is -2.04. The van der Waals surface area contributed by atoms with Gasteiger partial charge < -0.3 is 14.4 Å². The van der Waals surface area contributed by atoms with Crippen LogP contribution in [-0.4, -0.2) is 47.4 Å². The molecule has 0 heterocycles. The van der Waals surface area contributed by atoms with Gasteiger partial charge in [0.2, 0.25) is 0 Å². The van der Waals surface area contributed by atoms with Crippen LogP contribution in [0.2, 0.25) is 0 Å². The van der Waals surface area contributed by atoms with Crippen molar-refractivity contribution in [2.45, 2.75) is 68.1 Å². The molecule has 0 aromatic carbocycles. The van der Waals surface area contributed by atoms with E-state index in [0.717, 1.165) is 12.8 Å². The Labute approximate surface area is 154 Å². The maximum atomic E-state index is 13.5. The SMILES string of the molecule is O=C(OCCC(F)(F)C(F)(F)S(=O)(=O)[O-])C12CC3CCC(O)(CC(C3)C1)C2. The fourth-order valence-corrected chi connectivity index (χ4v) is 5.71. The summed E-state index contributed by atoms with van der Waals surface area (Å²) in [6, 6.07) is 0. The lowest BCUT2D eigenvalue weighted by atomic mass is 9.57. The predicted octanol–water partition coefficient (Wildman–Crippen LogP) is 2.41. The average Bonchev–Trinajstić information content (AvgIpc) is 2.67. The minimum atomic E-state index is -6.57. The molecule has 4 saturated carbocycles. The second-order valence-electron chi connectivity index (χ2n) is 8.36. The number of fused-ring (bicyclic) bond motifs is 1. The van der Waals surface area contributed by atoms with E-state index in [9.17, 15) is 40.4 Å². The van der Waals surface area contributed by atoms with Gasteiger partial charge in [0.1, 0.15) is 0 Å². The first kappa shape index (κ1) is 20.8. The zero-order chi connectivity index (χ0) is 20.3. The van der Waals surface area contributed by atoms with E-state index < -0.39 is 51.3 Å².